The molecular formula is C14H23N3O2. The standard InChI is InChI=1S/C14H23N3O2/c1-11-9-12(3-4-14(11)18-2)13(10-15)16-17-5-7-19-8-6-17/h3-4,9,13,16H,5-8,10,15H2,1-2H3. The maximum atomic E-state index is 5.89. The van der Waals surface area contributed by atoms with Crippen LogP contribution in [0.5, 0.6) is 5.75 Å². The van der Waals surface area contributed by atoms with Gasteiger partial charge in [0.1, 0.15) is 5.75 Å². The summed E-state index contributed by atoms with van der Waals surface area (Å²) in [5, 5.41) is 2.18. The Labute approximate surface area is 114 Å². The first kappa shape index (κ1) is 14.3. The molecule has 106 valence electrons. The summed E-state index contributed by atoms with van der Waals surface area (Å²) in [6.07, 6.45) is 0. The highest BCUT2D eigenvalue weighted by Gasteiger charge is 2.16. The SMILES string of the molecule is COc1ccc(C(CN)NN2CCOCC2)cc1C. The minimum atomic E-state index is 0.128. The van der Waals surface area contributed by atoms with Crippen LogP contribution < -0.4 is 15.9 Å². The molecule has 1 aromatic rings. The van der Waals surface area contributed by atoms with Gasteiger partial charge in [0.25, 0.3) is 0 Å². The number of benzene rings is 1. The maximum Gasteiger partial charge on any atom is 0.121 e. The third kappa shape index (κ3) is 3.67. The summed E-state index contributed by atoms with van der Waals surface area (Å²) in [6.45, 7) is 5.93. The average molecular weight is 265 g/mol. The van der Waals surface area contributed by atoms with Gasteiger partial charge in [0.15, 0.2) is 0 Å². The van der Waals surface area contributed by atoms with Gasteiger partial charge in [-0.25, -0.2) is 10.4 Å². The highest BCUT2D eigenvalue weighted by molar-refractivity contribution is 5.37. The number of aryl methyl sites for hydroxylation is 1. The lowest BCUT2D eigenvalue weighted by Crippen LogP contribution is -2.48. The molecule has 5 heteroatoms. The molecule has 0 aromatic heterocycles. The Bertz CT molecular complexity index is 406. The van der Waals surface area contributed by atoms with Gasteiger partial charge in [0.05, 0.1) is 26.4 Å². The minimum absolute atomic E-state index is 0.128. The van der Waals surface area contributed by atoms with Gasteiger partial charge in [0.2, 0.25) is 0 Å². The van der Waals surface area contributed by atoms with E-state index in [4.69, 9.17) is 15.2 Å². The Morgan fingerprint density at radius 3 is 2.74 bits per heavy atom. The van der Waals surface area contributed by atoms with Crippen molar-refractivity contribution in [2.45, 2.75) is 13.0 Å². The summed E-state index contributed by atoms with van der Waals surface area (Å²) in [5.74, 6) is 0.908. The maximum absolute atomic E-state index is 5.89. The number of nitrogens with one attached hydrogen (secondary N) is 1. The minimum Gasteiger partial charge on any atom is -0.496 e. The van der Waals surface area contributed by atoms with Gasteiger partial charge < -0.3 is 15.2 Å². The van der Waals surface area contributed by atoms with Crippen LogP contribution in [0.15, 0.2) is 18.2 Å². The molecule has 5 nitrogen and oxygen atoms in total. The van der Waals surface area contributed by atoms with Crippen LogP contribution in [0.4, 0.5) is 0 Å². The third-order valence-electron chi connectivity index (χ3n) is 3.41. The van der Waals surface area contributed by atoms with Crippen molar-refractivity contribution in [1.29, 1.82) is 0 Å². The molecule has 1 heterocycles. The Hall–Kier alpha value is -1.14. The average Bonchev–Trinajstić information content (AvgIpc) is 2.46. The largest absolute Gasteiger partial charge is 0.496 e. The van der Waals surface area contributed by atoms with Gasteiger partial charge in [-0.1, -0.05) is 12.1 Å². The number of hydrogen-bond acceptors (Lipinski definition) is 5. The van der Waals surface area contributed by atoms with Crippen molar-refractivity contribution in [2.75, 3.05) is 40.0 Å². The fraction of sp³-hybridized carbons (Fsp3) is 0.571. The van der Waals surface area contributed by atoms with Gasteiger partial charge in [0, 0.05) is 19.6 Å². The van der Waals surface area contributed by atoms with E-state index in [1.54, 1.807) is 7.11 Å². The summed E-state index contributed by atoms with van der Waals surface area (Å²) < 4.78 is 10.6. The predicted molar refractivity (Wildman–Crippen MR) is 75.1 cm³/mol. The van der Waals surface area contributed by atoms with Gasteiger partial charge in [-0.05, 0) is 24.1 Å². The highest BCUT2D eigenvalue weighted by atomic mass is 16.5. The van der Waals surface area contributed by atoms with E-state index >= 15 is 0 Å². The van der Waals surface area contributed by atoms with E-state index in [0.29, 0.717) is 6.54 Å². The van der Waals surface area contributed by atoms with Crippen LogP contribution in [0.25, 0.3) is 0 Å². The molecular weight excluding hydrogens is 242 g/mol. The molecule has 1 saturated heterocycles. The van der Waals surface area contributed by atoms with Crippen molar-refractivity contribution in [3.05, 3.63) is 29.3 Å². The van der Waals surface area contributed by atoms with E-state index in [0.717, 1.165) is 37.6 Å². The lowest BCUT2D eigenvalue weighted by atomic mass is 10.0. The van der Waals surface area contributed by atoms with Gasteiger partial charge in [-0.15, -0.1) is 0 Å². The van der Waals surface area contributed by atoms with E-state index in [-0.39, 0.29) is 6.04 Å². The number of hydrogen-bond donors (Lipinski definition) is 2. The van der Waals surface area contributed by atoms with Gasteiger partial charge in [-0.3, -0.25) is 0 Å². The molecule has 1 aliphatic rings. The van der Waals surface area contributed by atoms with Crippen LogP contribution in [0.1, 0.15) is 17.2 Å². The van der Waals surface area contributed by atoms with E-state index in [1.165, 1.54) is 5.56 Å². The highest BCUT2D eigenvalue weighted by Crippen LogP contribution is 2.22. The number of nitrogens with two attached hydrogens (primary N) is 1. The van der Waals surface area contributed by atoms with Crippen molar-refractivity contribution in [3.8, 4) is 5.75 Å². The van der Waals surface area contributed by atoms with Crippen LogP contribution in [0.3, 0.4) is 0 Å². The topological polar surface area (TPSA) is 59.8 Å². The first-order valence-corrected chi connectivity index (χ1v) is 6.68. The van der Waals surface area contributed by atoms with Crippen LogP contribution in [-0.4, -0.2) is 45.0 Å². The van der Waals surface area contributed by atoms with Crippen LogP contribution >= 0.6 is 0 Å². The number of nitrogens with zero attached hydrogens (tertiary/aromatic N) is 1. The van der Waals surface area contributed by atoms with Crippen molar-refractivity contribution in [2.24, 2.45) is 5.73 Å². The summed E-state index contributed by atoms with van der Waals surface area (Å²) in [7, 11) is 1.69. The summed E-state index contributed by atoms with van der Waals surface area (Å²) in [5.41, 5.74) is 11.7. The molecule has 19 heavy (non-hydrogen) atoms. The molecule has 1 aromatic carbocycles. The second-order valence-corrected chi connectivity index (χ2v) is 4.75. The Morgan fingerprint density at radius 1 is 1.42 bits per heavy atom. The Kier molecular flexibility index (Phi) is 5.15. The zero-order valence-corrected chi connectivity index (χ0v) is 11.7. The molecule has 0 spiro atoms. The van der Waals surface area contributed by atoms with E-state index in [2.05, 4.69) is 22.6 Å². The van der Waals surface area contributed by atoms with Gasteiger partial charge >= 0.3 is 0 Å². The zero-order valence-electron chi connectivity index (χ0n) is 11.7. The normalized spacial score (nSPS) is 18.3. The van der Waals surface area contributed by atoms with Crippen molar-refractivity contribution < 1.29 is 9.47 Å². The number of hydrazine groups is 1. The number of morpholine rings is 1. The number of ether oxygens (including phenoxy) is 2. The molecule has 1 aliphatic heterocycles. The molecule has 0 saturated carbocycles. The lowest BCUT2D eigenvalue weighted by Gasteiger charge is -2.31. The summed E-state index contributed by atoms with van der Waals surface area (Å²) >= 11 is 0. The molecule has 0 amide bonds. The molecule has 0 radical (unpaired) electrons. The quantitative estimate of drug-likeness (QED) is 0.826. The number of methoxy groups -OCH3 is 1. The summed E-state index contributed by atoms with van der Waals surface area (Å²) in [4.78, 5) is 0. The monoisotopic (exact) mass is 265 g/mol. The molecule has 0 aliphatic carbocycles. The zero-order chi connectivity index (χ0) is 13.7. The second-order valence-electron chi connectivity index (χ2n) is 4.75. The van der Waals surface area contributed by atoms with Gasteiger partial charge in [-0.2, -0.15) is 0 Å². The van der Waals surface area contributed by atoms with Crippen molar-refractivity contribution in [3.63, 3.8) is 0 Å². The molecule has 3 N–H and O–H groups in total. The molecule has 1 fully saturated rings. The Morgan fingerprint density at radius 2 is 2.16 bits per heavy atom. The van der Waals surface area contributed by atoms with E-state index in [1.807, 2.05) is 13.0 Å². The van der Waals surface area contributed by atoms with Crippen LogP contribution in [-0.2, 0) is 4.74 Å². The first-order valence-electron chi connectivity index (χ1n) is 6.68. The fourth-order valence-electron chi connectivity index (χ4n) is 2.29. The van der Waals surface area contributed by atoms with Crippen LogP contribution in [0.2, 0.25) is 0 Å². The Balaban J connectivity index is 2.05. The first-order chi connectivity index (χ1) is 9.24. The lowest BCUT2D eigenvalue weighted by molar-refractivity contribution is 0.00404. The fourth-order valence-corrected chi connectivity index (χ4v) is 2.29. The predicted octanol–water partition coefficient (Wildman–Crippen LogP) is 0.840. The van der Waals surface area contributed by atoms with E-state index in [9.17, 15) is 0 Å². The van der Waals surface area contributed by atoms with Crippen molar-refractivity contribution in [1.82, 2.24) is 10.4 Å². The molecule has 2 rings (SSSR count). The number of rotatable bonds is 5. The van der Waals surface area contributed by atoms with Crippen molar-refractivity contribution >= 4 is 0 Å². The second kappa shape index (κ2) is 6.86. The molecule has 1 atom stereocenters. The summed E-state index contributed by atoms with van der Waals surface area (Å²) in [6, 6.07) is 6.32. The molecule has 1 unspecified atom stereocenters. The smallest absolute Gasteiger partial charge is 0.121 e. The third-order valence-corrected chi connectivity index (χ3v) is 3.41. The van der Waals surface area contributed by atoms with Crippen LogP contribution in [0, 0.1) is 6.92 Å². The van der Waals surface area contributed by atoms with E-state index < -0.39 is 0 Å². The molecule has 0 bridgehead atoms.